The molecule has 0 aromatic heterocycles. The van der Waals surface area contributed by atoms with E-state index in [1.54, 1.807) is 5.01 Å². The van der Waals surface area contributed by atoms with E-state index >= 15 is 0 Å². The summed E-state index contributed by atoms with van der Waals surface area (Å²) in [6.07, 6.45) is 0.408. The summed E-state index contributed by atoms with van der Waals surface area (Å²) >= 11 is 0. The van der Waals surface area contributed by atoms with Gasteiger partial charge >= 0.3 is 0 Å². The highest BCUT2D eigenvalue weighted by Gasteiger charge is 2.41. The van der Waals surface area contributed by atoms with Gasteiger partial charge in [-0.3, -0.25) is 15.4 Å². The van der Waals surface area contributed by atoms with Crippen LogP contribution < -0.4 is 16.1 Å². The van der Waals surface area contributed by atoms with Gasteiger partial charge in [-0.1, -0.05) is 0 Å². The molecule has 4 N–H and O–H groups in total. The molecule has 1 amide bonds. The molecule has 0 spiro atoms. The van der Waals surface area contributed by atoms with Crippen molar-refractivity contribution in [3.05, 3.63) is 0 Å². The van der Waals surface area contributed by atoms with Gasteiger partial charge in [0.15, 0.2) is 6.29 Å². The zero-order valence-corrected chi connectivity index (χ0v) is 8.16. The lowest BCUT2D eigenvalue weighted by Gasteiger charge is -2.38. The highest BCUT2D eigenvalue weighted by Crippen LogP contribution is 2.19. The number of hydrogen-bond acceptors (Lipinski definition) is 5. The van der Waals surface area contributed by atoms with Crippen LogP contribution in [0.15, 0.2) is 0 Å². The number of aliphatic hydroxyl groups is 1. The third-order valence-electron chi connectivity index (χ3n) is 2.82. The van der Waals surface area contributed by atoms with E-state index in [4.69, 9.17) is 5.11 Å². The zero-order valence-electron chi connectivity index (χ0n) is 8.16. The molecule has 2 fully saturated rings. The van der Waals surface area contributed by atoms with Crippen molar-refractivity contribution in [2.45, 2.75) is 25.7 Å². The standard InChI is InChI=1S/C8H16N4O2/c1-5-6(2-3-13)7(14)12-8(11-5)9-4-10-12/h5-6,8-11,13H,2-4H2,1H3. The number of nitrogens with one attached hydrogen (secondary N) is 3. The summed E-state index contributed by atoms with van der Waals surface area (Å²) in [5.41, 5.74) is 2.95. The quantitative estimate of drug-likeness (QED) is 0.421. The van der Waals surface area contributed by atoms with Gasteiger partial charge in [-0.05, 0) is 13.3 Å². The highest BCUT2D eigenvalue weighted by molar-refractivity contribution is 5.80. The molecular formula is C8H16N4O2. The molecule has 3 unspecified atom stereocenters. The average molecular weight is 200 g/mol. The van der Waals surface area contributed by atoms with Crippen LogP contribution in [0.5, 0.6) is 0 Å². The summed E-state index contributed by atoms with van der Waals surface area (Å²) in [5.74, 6) is -0.0797. The van der Waals surface area contributed by atoms with Crippen LogP contribution in [0.1, 0.15) is 13.3 Å². The van der Waals surface area contributed by atoms with Gasteiger partial charge in [-0.2, -0.15) is 0 Å². The van der Waals surface area contributed by atoms with Crippen molar-refractivity contribution in [2.24, 2.45) is 5.92 Å². The lowest BCUT2D eigenvalue weighted by Crippen LogP contribution is -2.64. The van der Waals surface area contributed by atoms with Crippen LogP contribution in [0, 0.1) is 5.92 Å². The van der Waals surface area contributed by atoms with Crippen molar-refractivity contribution in [2.75, 3.05) is 13.3 Å². The Morgan fingerprint density at radius 1 is 1.64 bits per heavy atom. The fraction of sp³-hybridized carbons (Fsp3) is 0.875. The van der Waals surface area contributed by atoms with Crippen molar-refractivity contribution in [1.29, 1.82) is 0 Å². The lowest BCUT2D eigenvalue weighted by molar-refractivity contribution is -0.146. The van der Waals surface area contributed by atoms with E-state index in [0.717, 1.165) is 0 Å². The van der Waals surface area contributed by atoms with E-state index in [-0.39, 0.29) is 30.8 Å². The summed E-state index contributed by atoms with van der Waals surface area (Å²) in [6.45, 7) is 2.62. The Balaban J connectivity index is 2.09. The molecule has 0 saturated carbocycles. The second-order valence-corrected chi connectivity index (χ2v) is 3.72. The minimum absolute atomic E-state index is 0.0500. The molecular weight excluding hydrogens is 184 g/mol. The zero-order chi connectivity index (χ0) is 10.1. The van der Waals surface area contributed by atoms with Gasteiger partial charge in [0.1, 0.15) is 0 Å². The largest absolute Gasteiger partial charge is 0.396 e. The molecule has 2 aliphatic heterocycles. The highest BCUT2D eigenvalue weighted by atomic mass is 16.3. The summed E-state index contributed by atoms with van der Waals surface area (Å²) in [6, 6.07) is 0.100. The molecule has 3 atom stereocenters. The second-order valence-electron chi connectivity index (χ2n) is 3.72. The van der Waals surface area contributed by atoms with E-state index < -0.39 is 0 Å². The molecule has 6 nitrogen and oxygen atoms in total. The first-order chi connectivity index (χ1) is 6.74. The Morgan fingerprint density at radius 2 is 2.43 bits per heavy atom. The van der Waals surface area contributed by atoms with Crippen molar-refractivity contribution >= 4 is 5.91 Å². The van der Waals surface area contributed by atoms with Gasteiger partial charge in [0, 0.05) is 12.6 Å². The molecule has 2 aliphatic rings. The smallest absolute Gasteiger partial charge is 0.244 e. The van der Waals surface area contributed by atoms with Crippen LogP contribution in [0.25, 0.3) is 0 Å². The van der Waals surface area contributed by atoms with Crippen LogP contribution in [-0.4, -0.2) is 41.6 Å². The number of rotatable bonds is 2. The fourth-order valence-corrected chi connectivity index (χ4v) is 2.02. The maximum atomic E-state index is 11.9. The molecule has 2 rings (SSSR count). The SMILES string of the molecule is CC1NC2NCNN2C(=O)C1CCO. The van der Waals surface area contributed by atoms with Crippen LogP contribution in [0.2, 0.25) is 0 Å². The molecule has 2 saturated heterocycles. The Hall–Kier alpha value is -0.690. The summed E-state index contributed by atoms with van der Waals surface area (Å²) in [5, 5.41) is 16.8. The van der Waals surface area contributed by atoms with E-state index in [1.165, 1.54) is 0 Å². The van der Waals surface area contributed by atoms with Gasteiger partial charge in [-0.25, -0.2) is 10.4 Å². The molecule has 2 heterocycles. The van der Waals surface area contributed by atoms with Crippen LogP contribution in [-0.2, 0) is 4.79 Å². The predicted molar refractivity (Wildman–Crippen MR) is 49.6 cm³/mol. The van der Waals surface area contributed by atoms with E-state index in [1.807, 2.05) is 6.92 Å². The Labute approximate surface area is 82.6 Å². The minimum Gasteiger partial charge on any atom is -0.396 e. The third kappa shape index (κ3) is 1.50. The average Bonchev–Trinajstić information content (AvgIpc) is 2.60. The van der Waals surface area contributed by atoms with Gasteiger partial charge in [-0.15, -0.1) is 0 Å². The van der Waals surface area contributed by atoms with Gasteiger partial charge in [0.2, 0.25) is 5.91 Å². The topological polar surface area (TPSA) is 76.6 Å². The lowest BCUT2D eigenvalue weighted by atomic mass is 9.94. The van der Waals surface area contributed by atoms with Crippen molar-refractivity contribution < 1.29 is 9.90 Å². The summed E-state index contributed by atoms with van der Waals surface area (Å²) < 4.78 is 0. The van der Waals surface area contributed by atoms with Crippen LogP contribution >= 0.6 is 0 Å². The van der Waals surface area contributed by atoms with Crippen molar-refractivity contribution in [3.8, 4) is 0 Å². The summed E-state index contributed by atoms with van der Waals surface area (Å²) in [7, 11) is 0. The summed E-state index contributed by atoms with van der Waals surface area (Å²) in [4.78, 5) is 11.9. The number of carbonyl (C=O) groups excluding carboxylic acids is 1. The fourth-order valence-electron chi connectivity index (χ4n) is 2.02. The van der Waals surface area contributed by atoms with Gasteiger partial charge in [0.25, 0.3) is 0 Å². The van der Waals surface area contributed by atoms with Crippen molar-refractivity contribution in [3.63, 3.8) is 0 Å². The second kappa shape index (κ2) is 3.82. The van der Waals surface area contributed by atoms with E-state index in [9.17, 15) is 4.79 Å². The number of fused-ring (bicyclic) bond motifs is 1. The molecule has 0 bridgehead atoms. The number of aliphatic hydroxyl groups excluding tert-OH is 1. The minimum atomic E-state index is -0.136. The van der Waals surface area contributed by atoms with Gasteiger partial charge in [0.05, 0.1) is 12.6 Å². The first kappa shape index (κ1) is 9.85. The van der Waals surface area contributed by atoms with Crippen molar-refractivity contribution in [1.82, 2.24) is 21.1 Å². The molecule has 0 radical (unpaired) electrons. The number of carbonyl (C=O) groups is 1. The normalized spacial score (nSPS) is 37.4. The number of amides is 1. The monoisotopic (exact) mass is 200 g/mol. The van der Waals surface area contributed by atoms with E-state index in [2.05, 4.69) is 16.1 Å². The van der Waals surface area contributed by atoms with Gasteiger partial charge < -0.3 is 5.11 Å². The number of hydrogen-bond donors (Lipinski definition) is 4. The Kier molecular flexibility index (Phi) is 2.69. The van der Waals surface area contributed by atoms with E-state index in [0.29, 0.717) is 13.1 Å². The molecule has 14 heavy (non-hydrogen) atoms. The maximum Gasteiger partial charge on any atom is 0.244 e. The molecule has 0 aromatic rings. The molecule has 0 aromatic carbocycles. The van der Waals surface area contributed by atoms with Crippen LogP contribution in [0.4, 0.5) is 0 Å². The first-order valence-corrected chi connectivity index (χ1v) is 4.91. The number of nitrogens with zero attached hydrogens (tertiary/aromatic N) is 1. The maximum absolute atomic E-state index is 11.9. The predicted octanol–water partition coefficient (Wildman–Crippen LogP) is -1.85. The first-order valence-electron chi connectivity index (χ1n) is 4.91. The van der Waals surface area contributed by atoms with Crippen LogP contribution in [0.3, 0.4) is 0 Å². The molecule has 80 valence electrons. The number of hydrazine groups is 1. The Bertz CT molecular complexity index is 235. The third-order valence-corrected chi connectivity index (χ3v) is 2.82. The molecule has 6 heteroatoms. The molecule has 0 aliphatic carbocycles. The Morgan fingerprint density at radius 3 is 3.14 bits per heavy atom.